The van der Waals surface area contributed by atoms with E-state index in [0.717, 1.165) is 5.31 Å². The summed E-state index contributed by atoms with van der Waals surface area (Å²) in [6.45, 7) is 0. The van der Waals surface area contributed by atoms with E-state index in [1.807, 2.05) is 30.4 Å². The van der Waals surface area contributed by atoms with E-state index in [0.29, 0.717) is 0 Å². The molecule has 120 valence electrons. The molecule has 0 fully saturated rings. The van der Waals surface area contributed by atoms with Crippen molar-refractivity contribution in [2.45, 2.75) is 0 Å². The smallest absolute Gasteiger partial charge is 0.221 e. The lowest BCUT2D eigenvalue weighted by Gasteiger charge is -2.27. The highest BCUT2D eigenvalue weighted by atomic mass is 31.2. The van der Waals surface area contributed by atoms with E-state index in [-0.39, 0.29) is 5.78 Å². The van der Waals surface area contributed by atoms with Crippen molar-refractivity contribution in [1.29, 1.82) is 0 Å². The number of carbonyl (C=O) groups excluding carboxylic acids is 1. The molecule has 0 amide bonds. The van der Waals surface area contributed by atoms with Gasteiger partial charge in [0.25, 0.3) is 0 Å². The van der Waals surface area contributed by atoms with Crippen molar-refractivity contribution in [2.75, 3.05) is 0 Å². The molecule has 0 bridgehead atoms. The van der Waals surface area contributed by atoms with Gasteiger partial charge in [-0.15, -0.1) is 0 Å². The minimum atomic E-state index is -2.21. The Labute approximate surface area is 148 Å². The molecule has 1 aliphatic carbocycles. The Hall–Kier alpha value is -2.76. The zero-order valence-corrected chi connectivity index (χ0v) is 14.6. The number of carbonyl (C=O) groups is 1. The summed E-state index contributed by atoms with van der Waals surface area (Å²) < 4.78 is 0. The summed E-state index contributed by atoms with van der Waals surface area (Å²) in [5.41, 5.74) is 0. The van der Waals surface area contributed by atoms with Gasteiger partial charge in [0.15, 0.2) is 5.31 Å². The molecule has 2 heteroatoms. The SMILES string of the molecule is O=C1C=CC=C1[P+](c1ccccc1)(c1ccccc1)c1ccccc1. The van der Waals surface area contributed by atoms with Crippen molar-refractivity contribution in [3.8, 4) is 0 Å². The lowest BCUT2D eigenvalue weighted by Crippen LogP contribution is -2.33. The molecule has 0 atom stereocenters. The molecule has 0 heterocycles. The number of benzene rings is 3. The Balaban J connectivity index is 2.11. The third-order valence-corrected chi connectivity index (χ3v) is 8.86. The summed E-state index contributed by atoms with van der Waals surface area (Å²) in [4.78, 5) is 12.8. The second kappa shape index (κ2) is 6.63. The number of ketones is 1. The van der Waals surface area contributed by atoms with Crippen LogP contribution in [-0.4, -0.2) is 5.78 Å². The summed E-state index contributed by atoms with van der Waals surface area (Å²) >= 11 is 0. The second-order valence-electron chi connectivity index (χ2n) is 5.95. The molecule has 0 N–H and O–H groups in total. The maximum atomic E-state index is 12.8. The molecule has 3 aromatic carbocycles. The predicted octanol–water partition coefficient (Wildman–Crippen LogP) is 4.00. The quantitative estimate of drug-likeness (QED) is 0.656. The first kappa shape index (κ1) is 15.7. The first-order valence-electron chi connectivity index (χ1n) is 8.32. The van der Waals surface area contributed by atoms with Gasteiger partial charge < -0.3 is 0 Å². The third-order valence-electron chi connectivity index (χ3n) is 4.55. The highest BCUT2D eigenvalue weighted by Crippen LogP contribution is 2.63. The molecule has 1 aliphatic rings. The third kappa shape index (κ3) is 2.58. The molecular formula is C23H18OP+. The number of rotatable bonds is 4. The van der Waals surface area contributed by atoms with Crippen molar-refractivity contribution < 1.29 is 4.79 Å². The monoisotopic (exact) mass is 341 g/mol. The summed E-state index contributed by atoms with van der Waals surface area (Å²) in [7, 11) is -2.21. The number of allylic oxidation sites excluding steroid dienone is 4. The van der Waals surface area contributed by atoms with Gasteiger partial charge in [0.1, 0.15) is 23.2 Å². The van der Waals surface area contributed by atoms with Crippen molar-refractivity contribution in [2.24, 2.45) is 0 Å². The van der Waals surface area contributed by atoms with Crippen LogP contribution in [0, 0.1) is 0 Å². The Bertz CT molecular complexity index is 844. The molecule has 4 rings (SSSR count). The van der Waals surface area contributed by atoms with Crippen LogP contribution in [0.3, 0.4) is 0 Å². The van der Waals surface area contributed by atoms with E-state index in [4.69, 9.17) is 0 Å². The van der Waals surface area contributed by atoms with Crippen LogP contribution in [0.4, 0.5) is 0 Å². The molecule has 0 radical (unpaired) electrons. The van der Waals surface area contributed by atoms with Crippen molar-refractivity contribution in [1.82, 2.24) is 0 Å². The molecule has 1 nitrogen and oxygen atoms in total. The summed E-state index contributed by atoms with van der Waals surface area (Å²) in [6.07, 6.45) is 5.56. The van der Waals surface area contributed by atoms with Gasteiger partial charge in [0, 0.05) is 0 Å². The summed E-state index contributed by atoms with van der Waals surface area (Å²) in [5, 5.41) is 4.51. The molecule has 0 saturated carbocycles. The van der Waals surface area contributed by atoms with E-state index >= 15 is 0 Å². The largest absolute Gasteiger partial charge is 0.285 e. The fraction of sp³-hybridized carbons (Fsp3) is 0. The van der Waals surface area contributed by atoms with Crippen LogP contribution in [0.1, 0.15) is 0 Å². The number of hydrogen-bond acceptors (Lipinski definition) is 1. The van der Waals surface area contributed by atoms with E-state index in [1.165, 1.54) is 15.9 Å². The van der Waals surface area contributed by atoms with Gasteiger partial charge in [-0.3, -0.25) is 4.79 Å². The van der Waals surface area contributed by atoms with Gasteiger partial charge in [-0.1, -0.05) is 60.7 Å². The predicted molar refractivity (Wildman–Crippen MR) is 107 cm³/mol. The average molecular weight is 341 g/mol. The van der Waals surface area contributed by atoms with Gasteiger partial charge in [0.05, 0.1) is 0 Å². The standard InChI is InChI=1S/C23H18OP/c24-22-17-10-18-23(22)25(19-11-4-1-5-12-19,20-13-6-2-7-14-20)21-15-8-3-9-16-21/h1-18H/q+1. The average Bonchev–Trinajstić information content (AvgIpc) is 3.12. The molecule has 3 aromatic rings. The topological polar surface area (TPSA) is 17.1 Å². The molecule has 0 aliphatic heterocycles. The van der Waals surface area contributed by atoms with Crippen molar-refractivity contribution >= 4 is 29.0 Å². The van der Waals surface area contributed by atoms with Crippen LogP contribution < -0.4 is 15.9 Å². The highest BCUT2D eigenvalue weighted by Gasteiger charge is 2.52. The van der Waals surface area contributed by atoms with Crippen LogP contribution >= 0.6 is 7.26 Å². The lowest BCUT2D eigenvalue weighted by molar-refractivity contribution is -0.110. The zero-order valence-electron chi connectivity index (χ0n) is 13.7. The van der Waals surface area contributed by atoms with E-state index in [1.54, 1.807) is 6.08 Å². The molecule has 0 spiro atoms. The van der Waals surface area contributed by atoms with E-state index < -0.39 is 7.26 Å². The molecule has 25 heavy (non-hydrogen) atoms. The van der Waals surface area contributed by atoms with Crippen LogP contribution in [-0.2, 0) is 4.79 Å². The maximum Gasteiger partial charge on any atom is 0.221 e. The Morgan fingerprint density at radius 3 is 1.28 bits per heavy atom. The van der Waals surface area contributed by atoms with Crippen molar-refractivity contribution in [3.05, 3.63) is 115 Å². The van der Waals surface area contributed by atoms with Gasteiger partial charge in [0.2, 0.25) is 5.78 Å². The first-order chi connectivity index (χ1) is 12.3. The van der Waals surface area contributed by atoms with E-state index in [9.17, 15) is 4.79 Å². The molecular weight excluding hydrogens is 323 g/mol. The number of hydrogen-bond donors (Lipinski definition) is 0. The van der Waals surface area contributed by atoms with Gasteiger partial charge >= 0.3 is 0 Å². The Morgan fingerprint density at radius 1 is 0.560 bits per heavy atom. The fourth-order valence-corrected chi connectivity index (χ4v) is 7.79. The van der Waals surface area contributed by atoms with Crippen LogP contribution in [0.5, 0.6) is 0 Å². The first-order valence-corrected chi connectivity index (χ1v) is 10.1. The van der Waals surface area contributed by atoms with Crippen LogP contribution in [0.15, 0.2) is 115 Å². The van der Waals surface area contributed by atoms with Crippen molar-refractivity contribution in [3.63, 3.8) is 0 Å². The van der Waals surface area contributed by atoms with Crippen LogP contribution in [0.25, 0.3) is 0 Å². The second-order valence-corrected chi connectivity index (χ2v) is 9.33. The molecule has 0 aromatic heterocycles. The lowest BCUT2D eigenvalue weighted by atomic mass is 10.3. The van der Waals surface area contributed by atoms with E-state index in [2.05, 4.69) is 72.8 Å². The van der Waals surface area contributed by atoms with Crippen LogP contribution in [0.2, 0.25) is 0 Å². The summed E-state index contributed by atoms with van der Waals surface area (Å²) in [5.74, 6) is 0.116. The van der Waals surface area contributed by atoms with Gasteiger partial charge in [-0.05, 0) is 48.6 Å². The maximum absolute atomic E-state index is 12.8. The minimum absolute atomic E-state index is 0.116. The normalized spacial score (nSPS) is 13.8. The highest BCUT2D eigenvalue weighted by molar-refractivity contribution is 7.99. The molecule has 0 saturated heterocycles. The zero-order chi connectivity index (χ0) is 17.1. The Morgan fingerprint density at radius 2 is 0.960 bits per heavy atom. The van der Waals surface area contributed by atoms with Gasteiger partial charge in [-0.2, -0.15) is 0 Å². The minimum Gasteiger partial charge on any atom is -0.285 e. The molecule has 0 unspecified atom stereocenters. The fourth-order valence-electron chi connectivity index (χ4n) is 3.49. The summed E-state index contributed by atoms with van der Waals surface area (Å²) in [6, 6.07) is 31.3. The Kier molecular flexibility index (Phi) is 4.17. The van der Waals surface area contributed by atoms with Gasteiger partial charge in [-0.25, -0.2) is 0 Å².